The molecule has 1 aliphatic rings. The number of thiocarbonyl (C=S) groups is 1. The smallest absolute Gasteiger partial charge is 0.158 e. The van der Waals surface area contributed by atoms with E-state index >= 15 is 0 Å². The van der Waals surface area contributed by atoms with Crippen LogP contribution < -0.4 is 0 Å². The topological polar surface area (TPSA) is 20.2 Å². The summed E-state index contributed by atoms with van der Waals surface area (Å²) in [5, 5.41) is 9.14. The van der Waals surface area contributed by atoms with E-state index in [1.165, 1.54) is 0 Å². The van der Waals surface area contributed by atoms with Gasteiger partial charge in [-0.2, -0.15) is 0 Å². The minimum absolute atomic E-state index is 0.176. The van der Waals surface area contributed by atoms with Crippen molar-refractivity contribution in [1.29, 1.82) is 0 Å². The van der Waals surface area contributed by atoms with Crippen LogP contribution in [-0.2, 0) is 0 Å². The van der Waals surface area contributed by atoms with Crippen LogP contribution >= 0.6 is 12.2 Å². The molecule has 1 N–H and O–H groups in total. The first-order chi connectivity index (χ1) is 3.15. The van der Waals surface area contributed by atoms with Gasteiger partial charge in [0.2, 0.25) is 0 Å². The van der Waals surface area contributed by atoms with Crippen molar-refractivity contribution in [2.45, 2.75) is 17.9 Å². The van der Waals surface area contributed by atoms with Gasteiger partial charge >= 0.3 is 0 Å². The van der Waals surface area contributed by atoms with Crippen molar-refractivity contribution < 1.29 is 5.11 Å². The van der Waals surface area contributed by atoms with Crippen LogP contribution in [0.25, 0.3) is 0 Å². The molecule has 3 heteroatoms. The average molecular weight is 132 g/mol. The zero-order valence-corrected chi connectivity index (χ0v) is 7.09. The summed E-state index contributed by atoms with van der Waals surface area (Å²) >= 11 is 4.59. The molecule has 1 rings (SSSR count). The molecule has 0 aromatic heterocycles. The largest absolute Gasteiger partial charge is 0.502 e. The third-order valence-electron chi connectivity index (χ3n) is 1.52. The van der Waals surface area contributed by atoms with Crippen molar-refractivity contribution in [2.24, 2.45) is 0 Å². The maximum absolute atomic E-state index is 8.72. The molecule has 0 spiro atoms. The van der Waals surface area contributed by atoms with Crippen molar-refractivity contribution in [1.82, 2.24) is 0 Å². The molecular weight excluding hydrogens is 124 g/mol. The van der Waals surface area contributed by atoms with Gasteiger partial charge in [0.05, 0.1) is 0 Å². The molecule has 1 aliphatic carbocycles. The summed E-state index contributed by atoms with van der Waals surface area (Å²) in [4.78, 5) is 0. The molecule has 0 unspecified atom stereocenters. The predicted molar refractivity (Wildman–Crippen MR) is 37.1 cm³/mol. The van der Waals surface area contributed by atoms with Gasteiger partial charge in [0.25, 0.3) is 0 Å². The second kappa shape index (κ2) is 1.29. The molecule has 0 aromatic carbocycles. The fourth-order valence-corrected chi connectivity index (χ4v) is 0.855. The summed E-state index contributed by atoms with van der Waals surface area (Å²) in [7, 11) is 1.03. The van der Waals surface area contributed by atoms with Crippen LogP contribution in [0.3, 0.4) is 0 Å². The molecule has 0 heterocycles. The van der Waals surface area contributed by atoms with Gasteiger partial charge in [0, 0.05) is 15.3 Å². The average Bonchev–Trinajstić information content (AvgIpc) is 2.21. The minimum atomic E-state index is 0.176. The summed E-state index contributed by atoms with van der Waals surface area (Å²) in [6.07, 6.45) is 2.27. The Labute approximate surface area is 51.2 Å². The maximum Gasteiger partial charge on any atom is 0.158 e. The Hall–Kier alpha value is 0.107. The van der Waals surface area contributed by atoms with Crippen molar-refractivity contribution in [3.05, 3.63) is 0 Å². The second-order valence-corrected chi connectivity index (χ2v) is 4.67. The van der Waals surface area contributed by atoms with Crippen LogP contribution in [0.4, 0.5) is 0 Å². The molecule has 0 aliphatic heterocycles. The summed E-state index contributed by atoms with van der Waals surface area (Å²) in [5.41, 5.74) is 0. The Balaban J connectivity index is 2.55. The molecule has 0 radical (unpaired) electrons. The Morgan fingerprint density at radius 2 is 2.14 bits per heavy atom. The zero-order valence-electron chi connectivity index (χ0n) is 4.27. The lowest BCUT2D eigenvalue weighted by molar-refractivity contribution is 0.547. The van der Waals surface area contributed by atoms with Gasteiger partial charge in [0.15, 0.2) is 5.05 Å². The first kappa shape index (κ1) is 5.25. The summed E-state index contributed by atoms with van der Waals surface area (Å²) in [5.74, 6) is 0. The lowest BCUT2D eigenvalue weighted by atomic mass is 10.4. The van der Waals surface area contributed by atoms with Gasteiger partial charge in [-0.15, -0.1) is 0 Å². The van der Waals surface area contributed by atoms with E-state index in [0.29, 0.717) is 0 Å². The number of hydrogen-bond donors (Lipinski definition) is 1. The molecule has 0 atom stereocenters. The van der Waals surface area contributed by atoms with Gasteiger partial charge in [-0.25, -0.2) is 0 Å². The Kier molecular flexibility index (Phi) is 0.968. The van der Waals surface area contributed by atoms with Crippen molar-refractivity contribution in [3.8, 4) is 0 Å². The van der Waals surface area contributed by atoms with Crippen LogP contribution in [0.15, 0.2) is 0 Å². The maximum atomic E-state index is 8.72. The highest BCUT2D eigenvalue weighted by Gasteiger charge is 2.41. The fourth-order valence-electron chi connectivity index (χ4n) is 0.401. The van der Waals surface area contributed by atoms with Crippen molar-refractivity contribution in [2.75, 3.05) is 0 Å². The lowest BCUT2D eigenvalue weighted by Gasteiger charge is -1.98. The van der Waals surface area contributed by atoms with Gasteiger partial charge in [-0.1, -0.05) is 0 Å². The monoisotopic (exact) mass is 132 g/mol. The predicted octanol–water partition coefficient (Wildman–Crippen LogP) is 0.190. The molecule has 7 heavy (non-hydrogen) atoms. The van der Waals surface area contributed by atoms with Crippen LogP contribution in [0, 0.1) is 0 Å². The summed E-state index contributed by atoms with van der Waals surface area (Å²) in [6.45, 7) is 0. The molecule has 0 amide bonds. The zero-order chi connectivity index (χ0) is 5.49. The summed E-state index contributed by atoms with van der Waals surface area (Å²) in [6, 6.07) is 0. The van der Waals surface area contributed by atoms with Crippen LogP contribution in [0.5, 0.6) is 0 Å². The molecule has 40 valence electrons. The fraction of sp³-hybridized carbons (Fsp3) is 0.750. The Morgan fingerprint density at radius 3 is 2.14 bits per heavy atom. The van der Waals surface area contributed by atoms with E-state index in [0.717, 1.165) is 23.1 Å². The standard InChI is InChI=1S/C4H8OSSi/c5-3(6)4(7)1-2-4/h1-2H2,7H3,(H,5,6). The van der Waals surface area contributed by atoms with Gasteiger partial charge < -0.3 is 5.11 Å². The van der Waals surface area contributed by atoms with E-state index in [4.69, 9.17) is 5.11 Å². The normalized spacial score (nSPS) is 24.6. The molecule has 1 nitrogen and oxygen atoms in total. The molecule has 1 fully saturated rings. The van der Waals surface area contributed by atoms with Gasteiger partial charge in [-0.05, 0) is 25.1 Å². The van der Waals surface area contributed by atoms with Crippen molar-refractivity contribution in [3.63, 3.8) is 0 Å². The highest BCUT2D eigenvalue weighted by molar-refractivity contribution is 7.80. The van der Waals surface area contributed by atoms with Gasteiger partial charge in [0.1, 0.15) is 0 Å². The van der Waals surface area contributed by atoms with E-state index in [1.807, 2.05) is 0 Å². The van der Waals surface area contributed by atoms with Gasteiger partial charge in [-0.3, -0.25) is 0 Å². The lowest BCUT2D eigenvalue weighted by Crippen LogP contribution is -2.03. The van der Waals surface area contributed by atoms with Crippen LogP contribution in [-0.4, -0.2) is 20.4 Å². The number of aliphatic hydroxyl groups is 1. The number of hydrogen-bond acceptors (Lipinski definition) is 1. The molecule has 0 bridgehead atoms. The van der Waals surface area contributed by atoms with Crippen molar-refractivity contribution >= 4 is 27.5 Å². The molecule has 0 saturated heterocycles. The Bertz CT molecular complexity index is 108. The third-order valence-corrected chi connectivity index (χ3v) is 3.85. The van der Waals surface area contributed by atoms with Crippen LogP contribution in [0.2, 0.25) is 5.04 Å². The van der Waals surface area contributed by atoms with E-state index in [1.54, 1.807) is 0 Å². The highest BCUT2D eigenvalue weighted by Crippen LogP contribution is 2.50. The second-order valence-electron chi connectivity index (χ2n) is 2.37. The van der Waals surface area contributed by atoms with E-state index in [2.05, 4.69) is 12.2 Å². The molecular formula is C4H8OSSi. The third kappa shape index (κ3) is 0.835. The first-order valence-electron chi connectivity index (χ1n) is 2.38. The first-order valence-corrected chi connectivity index (χ1v) is 3.79. The summed E-state index contributed by atoms with van der Waals surface area (Å²) < 4.78 is 0. The SMILES string of the molecule is OC(=S)C1([SiH3])CC1. The van der Waals surface area contributed by atoms with E-state index in [9.17, 15) is 0 Å². The number of aliphatic hydroxyl groups excluding tert-OH is 1. The van der Waals surface area contributed by atoms with E-state index in [-0.39, 0.29) is 10.1 Å². The highest BCUT2D eigenvalue weighted by atomic mass is 32.1. The Morgan fingerprint density at radius 1 is 1.71 bits per heavy atom. The number of rotatable bonds is 1. The molecule has 0 aromatic rings. The minimum Gasteiger partial charge on any atom is -0.502 e. The molecule has 1 saturated carbocycles. The van der Waals surface area contributed by atoms with Crippen LogP contribution in [0.1, 0.15) is 12.8 Å². The van der Waals surface area contributed by atoms with E-state index < -0.39 is 0 Å². The quantitative estimate of drug-likeness (QED) is 0.406.